The Morgan fingerprint density at radius 1 is 0.945 bits per heavy atom. The standard InChI is InChI=1S/C15H16F3N5O4S.C10H5Cl2F3N4O2.C8H6Cl2O3.C5H12NO4P/c1-9-19-12(22-14(20-9)27-2)21-13(24)23-28(25,26)11-6-4-3-5-10(11)7-8-15(16,17)18;11-5-1-4(10(13,14)15)2-6(12)8(5)18-9(16)7(3-17-18)19(20)21;1-13-7-5(10)3-2-4(9)6(7)8(11)12;1-11(9,10)3-2-4(6)5(7)8/h3-6H,7-8H2,1-2H3,(H2,19,20,21,22,23,24);1-3H,16H2;2-3H,1H3,(H,11,12);4H,2-3,6H2,1H3,(H,7,8)(H,9,10). The normalized spacial score (nSPS) is 12.4. The fourth-order valence-electron chi connectivity index (χ4n) is 5.19. The van der Waals surface area contributed by atoms with Crippen molar-refractivity contribution in [1.82, 2.24) is 29.5 Å². The number of carbonyl (C=O) groups excluding carboxylic acids is 1. The van der Waals surface area contributed by atoms with Gasteiger partial charge in [-0.25, -0.2) is 27.4 Å². The number of aromatic carboxylic acids is 1. The number of carbonyl (C=O) groups is 3. The molecule has 0 saturated carbocycles. The highest BCUT2D eigenvalue weighted by atomic mass is 35.5. The third kappa shape index (κ3) is 19.9. The zero-order valence-corrected chi connectivity index (χ0v) is 42.2. The Labute approximate surface area is 428 Å². The van der Waals surface area contributed by atoms with E-state index in [1.807, 2.05) is 0 Å². The monoisotopic (exact) mass is 1160 g/mol. The zero-order chi connectivity index (χ0) is 56.0. The largest absolute Gasteiger partial charge is 0.494 e. The predicted octanol–water partition coefficient (Wildman–Crippen LogP) is 8.27. The van der Waals surface area contributed by atoms with Crippen molar-refractivity contribution in [1.29, 1.82) is 0 Å². The van der Waals surface area contributed by atoms with Gasteiger partial charge in [-0.3, -0.25) is 24.8 Å². The number of carboxylic acids is 2. The number of nitrogen functional groups attached to an aromatic ring is 1. The summed E-state index contributed by atoms with van der Waals surface area (Å²) in [5.74, 6) is -2.67. The van der Waals surface area contributed by atoms with Gasteiger partial charge in [0.2, 0.25) is 11.8 Å². The van der Waals surface area contributed by atoms with Crippen LogP contribution in [0.5, 0.6) is 11.8 Å². The van der Waals surface area contributed by atoms with Gasteiger partial charge in [0.15, 0.2) is 13.1 Å². The number of ether oxygens (including phenoxy) is 2. The summed E-state index contributed by atoms with van der Waals surface area (Å²) < 4.78 is 123. The van der Waals surface area contributed by atoms with Crippen LogP contribution in [0.3, 0.4) is 0 Å². The Kier molecular flexibility index (Phi) is 22.9. The quantitative estimate of drug-likeness (QED) is 0.0238. The molecule has 2 aromatic heterocycles. The van der Waals surface area contributed by atoms with Gasteiger partial charge < -0.3 is 36.0 Å². The first-order valence-electron chi connectivity index (χ1n) is 19.4. The lowest BCUT2D eigenvalue weighted by molar-refractivity contribution is -0.383. The van der Waals surface area contributed by atoms with Crippen LogP contribution in [0.2, 0.25) is 20.1 Å². The van der Waals surface area contributed by atoms with Crippen molar-refractivity contribution in [3.8, 4) is 17.4 Å². The average molecular weight is 1160 g/mol. The third-order valence-corrected chi connectivity index (χ3v) is 12.2. The molecule has 5 rings (SSSR count). The fourth-order valence-corrected chi connectivity index (χ4v) is 8.24. The summed E-state index contributed by atoms with van der Waals surface area (Å²) in [5.41, 5.74) is 8.69. The maximum Gasteiger partial charge on any atom is 0.416 e. The second kappa shape index (κ2) is 26.6. The minimum atomic E-state index is -4.63. The molecule has 0 aliphatic rings. The van der Waals surface area contributed by atoms with Crippen molar-refractivity contribution in [3.05, 3.63) is 107 Å². The third-order valence-electron chi connectivity index (χ3n) is 8.49. The molecule has 2 heterocycles. The number of aliphatic carboxylic acids is 1. The predicted molar refractivity (Wildman–Crippen MR) is 252 cm³/mol. The molecule has 2 atom stereocenters. The lowest BCUT2D eigenvalue weighted by atomic mass is 10.1. The number of hydrogen-bond acceptors (Lipinski definition) is 16. The van der Waals surface area contributed by atoms with Gasteiger partial charge in [-0.2, -0.15) is 46.4 Å². The minimum absolute atomic E-state index is 0.0412. The van der Waals surface area contributed by atoms with E-state index in [1.165, 1.54) is 58.1 Å². The minimum Gasteiger partial charge on any atom is -0.494 e. The van der Waals surface area contributed by atoms with E-state index in [-0.39, 0.29) is 73.0 Å². The maximum absolute atomic E-state index is 12.6. The van der Waals surface area contributed by atoms with Gasteiger partial charge in [0.25, 0.3) is 10.0 Å². The van der Waals surface area contributed by atoms with Gasteiger partial charge >= 0.3 is 42.0 Å². The Hall–Kier alpha value is -6.27. The van der Waals surface area contributed by atoms with Crippen molar-refractivity contribution in [3.63, 3.8) is 0 Å². The summed E-state index contributed by atoms with van der Waals surface area (Å²) in [7, 11) is -4.91. The molecule has 2 unspecified atom stereocenters. The second-order valence-electron chi connectivity index (χ2n) is 14.1. The molecular formula is C38H39Cl4F6N10O13PS. The Bertz CT molecular complexity index is 2950. The summed E-state index contributed by atoms with van der Waals surface area (Å²) in [4.78, 5) is 62.4. The van der Waals surface area contributed by atoms with Crippen LogP contribution < -0.4 is 31.0 Å². The second-order valence-corrected chi connectivity index (χ2v) is 19.9. The Morgan fingerprint density at radius 2 is 1.52 bits per heavy atom. The van der Waals surface area contributed by atoms with Crippen molar-refractivity contribution in [2.24, 2.45) is 5.73 Å². The maximum atomic E-state index is 12.6. The number of urea groups is 1. The van der Waals surface area contributed by atoms with Crippen LogP contribution in [-0.4, -0.2) is 110 Å². The van der Waals surface area contributed by atoms with Crippen LogP contribution >= 0.6 is 53.8 Å². The number of aryl methyl sites for hydroxylation is 2. The molecule has 3 aromatic carbocycles. The van der Waals surface area contributed by atoms with E-state index in [9.17, 15) is 63.8 Å². The molecule has 0 radical (unpaired) electrons. The molecular weight excluding hydrogens is 1120 g/mol. The van der Waals surface area contributed by atoms with Crippen molar-refractivity contribution < 1.29 is 83.2 Å². The number of carboxylic acid groups (broad SMARTS) is 2. The van der Waals surface area contributed by atoms with Crippen molar-refractivity contribution in [2.45, 2.75) is 49.5 Å². The van der Waals surface area contributed by atoms with Crippen LogP contribution in [0.4, 0.5) is 48.6 Å². The van der Waals surface area contributed by atoms with Crippen LogP contribution in [0.25, 0.3) is 5.69 Å². The molecule has 0 saturated heterocycles. The molecule has 35 heteroatoms. The van der Waals surface area contributed by atoms with Gasteiger partial charge in [-0.15, -0.1) is 0 Å². The molecule has 73 heavy (non-hydrogen) atoms. The molecule has 9 N–H and O–H groups in total. The van der Waals surface area contributed by atoms with E-state index >= 15 is 0 Å². The topological polar surface area (TPSA) is 357 Å². The summed E-state index contributed by atoms with van der Waals surface area (Å²) in [6.07, 6.45) is -9.98. The number of benzene rings is 3. The first-order valence-corrected chi connectivity index (χ1v) is 24.6. The van der Waals surface area contributed by atoms with E-state index < -0.39 is 93.5 Å². The number of methoxy groups -OCH3 is 2. The highest BCUT2D eigenvalue weighted by Crippen LogP contribution is 2.39. The lowest BCUT2D eigenvalue weighted by Crippen LogP contribution is -2.35. The molecule has 0 bridgehead atoms. The molecule has 5 aromatic rings. The SMILES string of the molecule is COc1c(Cl)ccc(Cl)c1C(=O)O.COc1nc(C)nc(NC(=O)NS(=O)(=O)c2ccccc2CCC(F)(F)F)n1.CP(=O)(O)CCC(N)C(=O)O.Nc1c([N+](=O)[O-])cnn1-c1c(Cl)cc(C(F)(F)F)cc1Cl. The van der Waals surface area contributed by atoms with E-state index in [1.54, 1.807) is 4.72 Å². The zero-order valence-electron chi connectivity index (χ0n) is 37.5. The van der Waals surface area contributed by atoms with Gasteiger partial charge in [-0.1, -0.05) is 64.6 Å². The van der Waals surface area contributed by atoms with E-state index in [4.69, 9.17) is 82.5 Å². The number of rotatable bonds is 14. The number of alkyl halides is 6. The van der Waals surface area contributed by atoms with E-state index in [0.29, 0.717) is 12.1 Å². The number of sulfonamides is 1. The fraction of sp³-hybridized carbons (Fsp3) is 0.289. The molecule has 0 aliphatic heterocycles. The number of nitrogens with one attached hydrogen (secondary N) is 2. The number of nitrogens with two attached hydrogens (primary N) is 2. The Balaban J connectivity index is 0.000000357. The molecule has 23 nitrogen and oxygen atoms in total. The van der Waals surface area contributed by atoms with Crippen molar-refractivity contribution >= 4 is 99.2 Å². The van der Waals surface area contributed by atoms with Gasteiger partial charge in [0.05, 0.1) is 49.7 Å². The smallest absolute Gasteiger partial charge is 0.416 e. The van der Waals surface area contributed by atoms with Crippen LogP contribution in [0.1, 0.15) is 40.2 Å². The number of anilines is 2. The first kappa shape index (κ1) is 62.8. The highest BCUT2D eigenvalue weighted by Gasteiger charge is 2.33. The van der Waals surface area contributed by atoms with Gasteiger partial charge in [0, 0.05) is 19.2 Å². The summed E-state index contributed by atoms with van der Waals surface area (Å²) in [6, 6.07) is 6.94. The highest BCUT2D eigenvalue weighted by molar-refractivity contribution is 7.90. The van der Waals surface area contributed by atoms with Gasteiger partial charge in [-0.05, 0) is 55.7 Å². The number of aromatic nitrogens is 5. The van der Waals surface area contributed by atoms with Crippen LogP contribution in [0, 0.1) is 17.0 Å². The molecule has 0 aliphatic carbocycles. The summed E-state index contributed by atoms with van der Waals surface area (Å²) in [5, 5.41) is 33.0. The lowest BCUT2D eigenvalue weighted by Gasteiger charge is -2.13. The molecule has 0 spiro atoms. The van der Waals surface area contributed by atoms with Crippen molar-refractivity contribution in [2.75, 3.05) is 38.1 Å². The summed E-state index contributed by atoms with van der Waals surface area (Å²) >= 11 is 22.9. The first-order chi connectivity index (χ1) is 33.5. The Morgan fingerprint density at radius 3 is 1.99 bits per heavy atom. The number of nitrogens with zero attached hydrogens (tertiary/aromatic N) is 6. The number of halogens is 10. The number of nitro groups is 1. The average Bonchev–Trinajstić information content (AvgIpc) is 3.65. The number of hydrogen-bond donors (Lipinski definition) is 7. The van der Waals surface area contributed by atoms with Crippen LogP contribution in [0.15, 0.2) is 59.6 Å². The van der Waals surface area contributed by atoms with Crippen LogP contribution in [-0.2, 0) is 32.0 Å². The van der Waals surface area contributed by atoms with E-state index in [2.05, 4.69) is 25.4 Å². The number of amides is 2. The molecule has 0 fully saturated rings. The van der Waals surface area contributed by atoms with Gasteiger partial charge in [0.1, 0.15) is 29.3 Å². The molecule has 2 amide bonds. The summed E-state index contributed by atoms with van der Waals surface area (Å²) in [6.45, 7) is 2.68. The molecule has 400 valence electrons. The van der Waals surface area contributed by atoms with E-state index in [0.717, 1.165) is 16.9 Å².